The van der Waals surface area contributed by atoms with Crippen LogP contribution in [-0.4, -0.2) is 22.3 Å². The smallest absolute Gasteiger partial charge is 0.305 e. The second-order valence-corrected chi connectivity index (χ2v) is 3.53. The monoisotopic (exact) mass is 200 g/mol. The number of aliphatic carboxylic acids is 1. The molecule has 0 aromatic rings. The zero-order valence-corrected chi connectivity index (χ0v) is 8.61. The van der Waals surface area contributed by atoms with Crippen LogP contribution in [0.25, 0.3) is 0 Å². The first kappa shape index (κ1) is 13.2. The maximum absolute atomic E-state index is 10.2. The lowest BCUT2D eigenvalue weighted by molar-refractivity contribution is -0.139. The number of carboxylic acids is 1. The van der Waals surface area contributed by atoms with E-state index < -0.39 is 12.1 Å². The summed E-state index contributed by atoms with van der Waals surface area (Å²) >= 11 is 0. The Morgan fingerprint density at radius 1 is 1.29 bits per heavy atom. The van der Waals surface area contributed by atoms with Crippen molar-refractivity contribution >= 4 is 5.97 Å². The van der Waals surface area contributed by atoms with Crippen LogP contribution >= 0.6 is 0 Å². The standard InChI is InChI=1S/C11H20O3/c1-2-3-4-5-6-7-8-10(12)9-11(13)14/h2,10,12H,1,3-9H2,(H,13,14)/t10-/m1/s1. The second kappa shape index (κ2) is 8.75. The molecule has 82 valence electrons. The predicted molar refractivity (Wildman–Crippen MR) is 56.2 cm³/mol. The Balaban J connectivity index is 3.18. The first-order valence-electron chi connectivity index (χ1n) is 5.17. The van der Waals surface area contributed by atoms with Crippen molar-refractivity contribution in [2.45, 2.75) is 51.0 Å². The van der Waals surface area contributed by atoms with Gasteiger partial charge in [0.1, 0.15) is 0 Å². The third-order valence-corrected chi connectivity index (χ3v) is 2.11. The Hall–Kier alpha value is -0.830. The highest BCUT2D eigenvalue weighted by Gasteiger charge is 2.08. The number of carboxylic acid groups (broad SMARTS) is 1. The van der Waals surface area contributed by atoms with Gasteiger partial charge >= 0.3 is 5.97 Å². The van der Waals surface area contributed by atoms with Crippen LogP contribution in [0.4, 0.5) is 0 Å². The maximum atomic E-state index is 10.2. The van der Waals surface area contributed by atoms with Gasteiger partial charge in [-0.3, -0.25) is 4.79 Å². The highest BCUT2D eigenvalue weighted by Crippen LogP contribution is 2.09. The number of aliphatic hydroxyl groups excluding tert-OH is 1. The zero-order chi connectivity index (χ0) is 10.8. The van der Waals surface area contributed by atoms with Crippen LogP contribution in [0.2, 0.25) is 0 Å². The first-order chi connectivity index (χ1) is 6.66. The van der Waals surface area contributed by atoms with Gasteiger partial charge in [-0.15, -0.1) is 6.58 Å². The van der Waals surface area contributed by atoms with Gasteiger partial charge in [-0.05, 0) is 19.3 Å². The SMILES string of the molecule is C=CCCCCCC[C@@H](O)CC(=O)O. The van der Waals surface area contributed by atoms with Crippen LogP contribution < -0.4 is 0 Å². The number of hydrogen-bond acceptors (Lipinski definition) is 2. The van der Waals surface area contributed by atoms with Gasteiger partial charge in [-0.1, -0.05) is 25.3 Å². The summed E-state index contributed by atoms with van der Waals surface area (Å²) < 4.78 is 0. The van der Waals surface area contributed by atoms with E-state index in [1.54, 1.807) is 0 Å². The van der Waals surface area contributed by atoms with E-state index in [0.29, 0.717) is 6.42 Å². The van der Waals surface area contributed by atoms with E-state index in [0.717, 1.165) is 32.1 Å². The van der Waals surface area contributed by atoms with Crippen molar-refractivity contribution in [2.75, 3.05) is 0 Å². The Kier molecular flexibility index (Phi) is 8.24. The average Bonchev–Trinajstić information content (AvgIpc) is 2.10. The van der Waals surface area contributed by atoms with Crippen LogP contribution in [-0.2, 0) is 4.79 Å². The van der Waals surface area contributed by atoms with Crippen molar-refractivity contribution < 1.29 is 15.0 Å². The lowest BCUT2D eigenvalue weighted by Crippen LogP contribution is -2.12. The molecule has 0 rings (SSSR count). The average molecular weight is 200 g/mol. The van der Waals surface area contributed by atoms with E-state index in [1.165, 1.54) is 0 Å². The van der Waals surface area contributed by atoms with E-state index in [9.17, 15) is 9.90 Å². The van der Waals surface area contributed by atoms with E-state index in [2.05, 4.69) is 6.58 Å². The minimum Gasteiger partial charge on any atom is -0.481 e. The van der Waals surface area contributed by atoms with Gasteiger partial charge in [-0.2, -0.15) is 0 Å². The molecule has 1 atom stereocenters. The number of unbranched alkanes of at least 4 members (excludes halogenated alkanes) is 4. The molecule has 0 spiro atoms. The largest absolute Gasteiger partial charge is 0.481 e. The molecule has 14 heavy (non-hydrogen) atoms. The Bertz CT molecular complexity index is 166. The molecule has 0 saturated heterocycles. The topological polar surface area (TPSA) is 57.5 Å². The molecule has 0 radical (unpaired) electrons. The number of hydrogen-bond donors (Lipinski definition) is 2. The van der Waals surface area contributed by atoms with Gasteiger partial charge in [0.05, 0.1) is 12.5 Å². The van der Waals surface area contributed by atoms with Crippen molar-refractivity contribution in [1.29, 1.82) is 0 Å². The molecule has 3 nitrogen and oxygen atoms in total. The van der Waals surface area contributed by atoms with Gasteiger partial charge in [0.15, 0.2) is 0 Å². The Morgan fingerprint density at radius 2 is 1.93 bits per heavy atom. The van der Waals surface area contributed by atoms with Crippen LogP contribution in [0.1, 0.15) is 44.9 Å². The van der Waals surface area contributed by atoms with E-state index in [-0.39, 0.29) is 6.42 Å². The highest BCUT2D eigenvalue weighted by molar-refractivity contribution is 5.67. The van der Waals surface area contributed by atoms with Crippen LogP contribution in [0.5, 0.6) is 0 Å². The molecule has 0 heterocycles. The molecule has 3 heteroatoms. The maximum Gasteiger partial charge on any atom is 0.305 e. The summed E-state index contributed by atoms with van der Waals surface area (Å²) in [6, 6.07) is 0. The zero-order valence-electron chi connectivity index (χ0n) is 8.61. The predicted octanol–water partition coefficient (Wildman–Crippen LogP) is 2.35. The van der Waals surface area contributed by atoms with E-state index in [4.69, 9.17) is 5.11 Å². The lowest BCUT2D eigenvalue weighted by atomic mass is 10.1. The molecule has 0 amide bonds. The number of aliphatic hydroxyl groups is 1. The van der Waals surface area contributed by atoms with Crippen LogP contribution in [0.15, 0.2) is 12.7 Å². The molecule has 0 aromatic carbocycles. The molecule has 0 unspecified atom stereocenters. The fourth-order valence-corrected chi connectivity index (χ4v) is 1.33. The first-order valence-corrected chi connectivity index (χ1v) is 5.17. The van der Waals surface area contributed by atoms with Gasteiger partial charge in [0, 0.05) is 0 Å². The molecule has 0 fully saturated rings. The summed E-state index contributed by atoms with van der Waals surface area (Å²) in [4.78, 5) is 10.2. The quantitative estimate of drug-likeness (QED) is 0.443. The Morgan fingerprint density at radius 3 is 2.50 bits per heavy atom. The summed E-state index contributed by atoms with van der Waals surface area (Å²) in [5, 5.41) is 17.6. The second-order valence-electron chi connectivity index (χ2n) is 3.53. The molecule has 0 aliphatic heterocycles. The van der Waals surface area contributed by atoms with Crippen molar-refractivity contribution in [3.8, 4) is 0 Å². The fourth-order valence-electron chi connectivity index (χ4n) is 1.33. The number of allylic oxidation sites excluding steroid dienone is 1. The minimum absolute atomic E-state index is 0.132. The minimum atomic E-state index is -0.927. The fraction of sp³-hybridized carbons (Fsp3) is 0.727. The molecular formula is C11H20O3. The van der Waals surface area contributed by atoms with Crippen molar-refractivity contribution in [1.82, 2.24) is 0 Å². The van der Waals surface area contributed by atoms with Gasteiger partial charge in [0.25, 0.3) is 0 Å². The van der Waals surface area contributed by atoms with E-state index in [1.807, 2.05) is 6.08 Å². The highest BCUT2D eigenvalue weighted by atomic mass is 16.4. The summed E-state index contributed by atoms with van der Waals surface area (Å²) in [6.07, 6.45) is 6.97. The normalized spacial score (nSPS) is 12.4. The van der Waals surface area contributed by atoms with Crippen LogP contribution in [0.3, 0.4) is 0 Å². The molecule has 2 N–H and O–H groups in total. The molecular weight excluding hydrogens is 180 g/mol. The number of rotatable bonds is 9. The van der Waals surface area contributed by atoms with E-state index >= 15 is 0 Å². The third-order valence-electron chi connectivity index (χ3n) is 2.11. The lowest BCUT2D eigenvalue weighted by Gasteiger charge is -2.06. The molecule has 0 aliphatic rings. The van der Waals surface area contributed by atoms with Crippen molar-refractivity contribution in [2.24, 2.45) is 0 Å². The molecule has 0 aliphatic carbocycles. The number of carbonyl (C=O) groups is 1. The molecule has 0 saturated carbocycles. The third kappa shape index (κ3) is 9.26. The summed E-state index contributed by atoms with van der Waals surface area (Å²) in [5.74, 6) is -0.927. The van der Waals surface area contributed by atoms with Crippen LogP contribution in [0, 0.1) is 0 Å². The van der Waals surface area contributed by atoms with Crippen molar-refractivity contribution in [3.05, 3.63) is 12.7 Å². The van der Waals surface area contributed by atoms with Gasteiger partial charge in [-0.25, -0.2) is 0 Å². The molecule has 0 aromatic heterocycles. The summed E-state index contributed by atoms with van der Waals surface area (Å²) in [6.45, 7) is 3.63. The van der Waals surface area contributed by atoms with Gasteiger partial charge in [0.2, 0.25) is 0 Å². The van der Waals surface area contributed by atoms with Crippen molar-refractivity contribution in [3.63, 3.8) is 0 Å². The summed E-state index contributed by atoms with van der Waals surface area (Å²) in [7, 11) is 0. The van der Waals surface area contributed by atoms with Gasteiger partial charge < -0.3 is 10.2 Å². The molecule has 0 bridgehead atoms. The summed E-state index contributed by atoms with van der Waals surface area (Å²) in [5.41, 5.74) is 0. The Labute approximate surface area is 85.4 Å².